The summed E-state index contributed by atoms with van der Waals surface area (Å²) in [5.41, 5.74) is 1.27. The summed E-state index contributed by atoms with van der Waals surface area (Å²) in [6.45, 7) is 5.61. The monoisotopic (exact) mass is 427 g/mol. The molecule has 0 bridgehead atoms. The predicted octanol–water partition coefficient (Wildman–Crippen LogP) is 2.57. The van der Waals surface area contributed by atoms with Crippen molar-refractivity contribution >= 4 is 34.0 Å². The summed E-state index contributed by atoms with van der Waals surface area (Å²) in [5.74, 6) is 0.319. The number of halogens is 1. The van der Waals surface area contributed by atoms with Crippen LogP contribution in [0.5, 0.6) is 5.75 Å². The topological polar surface area (TPSA) is 96.5 Å². The Kier molecular flexibility index (Phi) is 9.24. The standard InChI is InChI=1S/C19H25N3O4S.ClH/c1-4-20-11-12-21-19(23)15-6-5-14(2)18(13-15)27(24,25)22-16-7-9-17(26-3)10-8-16;/h5-10,13,20,22H,4,11-12H2,1-3H3,(H,21,23);1H. The number of carbonyl (C=O) groups excluding carboxylic acids is 1. The lowest BCUT2D eigenvalue weighted by Gasteiger charge is -2.12. The minimum atomic E-state index is -3.83. The number of ether oxygens (including phenoxy) is 1. The fourth-order valence-electron chi connectivity index (χ4n) is 2.44. The van der Waals surface area contributed by atoms with Gasteiger partial charge in [0, 0.05) is 24.3 Å². The Morgan fingerprint density at radius 1 is 1.07 bits per heavy atom. The predicted molar refractivity (Wildman–Crippen MR) is 113 cm³/mol. The molecule has 0 unspecified atom stereocenters. The van der Waals surface area contributed by atoms with Gasteiger partial charge in [0.25, 0.3) is 15.9 Å². The van der Waals surface area contributed by atoms with Gasteiger partial charge >= 0.3 is 0 Å². The molecule has 0 fully saturated rings. The van der Waals surface area contributed by atoms with Crippen LogP contribution in [-0.2, 0) is 10.0 Å². The second-order valence-electron chi connectivity index (χ2n) is 5.92. The Balaban J connectivity index is 0.00000392. The first-order valence-electron chi connectivity index (χ1n) is 8.64. The quantitative estimate of drug-likeness (QED) is 0.534. The second kappa shape index (κ2) is 10.9. The lowest BCUT2D eigenvalue weighted by Crippen LogP contribution is -2.31. The lowest BCUT2D eigenvalue weighted by molar-refractivity contribution is 0.0953. The molecule has 7 nitrogen and oxygen atoms in total. The number of sulfonamides is 1. The van der Waals surface area contributed by atoms with Crippen molar-refractivity contribution in [2.75, 3.05) is 31.5 Å². The SMILES string of the molecule is CCNCCNC(=O)c1ccc(C)c(S(=O)(=O)Nc2ccc(OC)cc2)c1.Cl. The zero-order valence-corrected chi connectivity index (χ0v) is 17.7. The maximum atomic E-state index is 12.8. The van der Waals surface area contributed by atoms with Crippen molar-refractivity contribution in [3.05, 3.63) is 53.6 Å². The Hall–Kier alpha value is -2.29. The normalized spacial score (nSPS) is 10.7. The fourth-order valence-corrected chi connectivity index (χ4v) is 3.77. The Labute approximate surface area is 172 Å². The van der Waals surface area contributed by atoms with Crippen LogP contribution in [0.4, 0.5) is 5.69 Å². The molecule has 28 heavy (non-hydrogen) atoms. The highest BCUT2D eigenvalue weighted by molar-refractivity contribution is 7.92. The maximum absolute atomic E-state index is 12.8. The van der Waals surface area contributed by atoms with Crippen molar-refractivity contribution in [3.63, 3.8) is 0 Å². The molecule has 0 aliphatic rings. The van der Waals surface area contributed by atoms with E-state index in [1.54, 1.807) is 43.3 Å². The molecule has 9 heteroatoms. The first-order valence-corrected chi connectivity index (χ1v) is 10.1. The minimum Gasteiger partial charge on any atom is -0.497 e. The summed E-state index contributed by atoms with van der Waals surface area (Å²) in [5, 5.41) is 5.87. The van der Waals surface area contributed by atoms with Crippen LogP contribution in [0, 0.1) is 6.92 Å². The van der Waals surface area contributed by atoms with Gasteiger partial charge in [0.2, 0.25) is 0 Å². The van der Waals surface area contributed by atoms with Gasteiger partial charge < -0.3 is 15.4 Å². The van der Waals surface area contributed by atoms with E-state index in [4.69, 9.17) is 4.74 Å². The number of aryl methyl sites for hydroxylation is 1. The van der Waals surface area contributed by atoms with Crippen molar-refractivity contribution < 1.29 is 17.9 Å². The molecule has 0 aliphatic carbocycles. The maximum Gasteiger partial charge on any atom is 0.262 e. The molecular formula is C19H26ClN3O4S. The van der Waals surface area contributed by atoms with E-state index in [0.717, 1.165) is 6.54 Å². The summed E-state index contributed by atoms with van der Waals surface area (Å²) in [4.78, 5) is 12.3. The summed E-state index contributed by atoms with van der Waals surface area (Å²) in [6, 6.07) is 11.2. The van der Waals surface area contributed by atoms with Gasteiger partial charge in [-0.25, -0.2) is 8.42 Å². The highest BCUT2D eigenvalue weighted by atomic mass is 35.5. The van der Waals surface area contributed by atoms with E-state index < -0.39 is 10.0 Å². The van der Waals surface area contributed by atoms with Gasteiger partial charge in [-0.3, -0.25) is 9.52 Å². The number of methoxy groups -OCH3 is 1. The van der Waals surface area contributed by atoms with E-state index >= 15 is 0 Å². The highest BCUT2D eigenvalue weighted by Crippen LogP contribution is 2.22. The van der Waals surface area contributed by atoms with Crippen molar-refractivity contribution in [2.24, 2.45) is 0 Å². The molecule has 0 saturated heterocycles. The number of hydrogen-bond acceptors (Lipinski definition) is 5. The summed E-state index contributed by atoms with van der Waals surface area (Å²) >= 11 is 0. The minimum absolute atomic E-state index is 0. The summed E-state index contributed by atoms with van der Waals surface area (Å²) < 4.78 is 33.1. The number of likely N-dealkylation sites (N-methyl/N-ethyl adjacent to an activating group) is 1. The van der Waals surface area contributed by atoms with E-state index in [1.165, 1.54) is 13.2 Å². The molecule has 3 N–H and O–H groups in total. The summed E-state index contributed by atoms with van der Waals surface area (Å²) in [7, 11) is -2.29. The van der Waals surface area contributed by atoms with Crippen molar-refractivity contribution in [1.29, 1.82) is 0 Å². The third-order valence-corrected chi connectivity index (χ3v) is 5.44. The zero-order valence-electron chi connectivity index (χ0n) is 16.1. The van der Waals surface area contributed by atoms with E-state index in [2.05, 4.69) is 15.4 Å². The second-order valence-corrected chi connectivity index (χ2v) is 7.57. The van der Waals surface area contributed by atoms with Crippen LogP contribution >= 0.6 is 12.4 Å². The number of amides is 1. The van der Waals surface area contributed by atoms with E-state index in [0.29, 0.717) is 35.7 Å². The van der Waals surface area contributed by atoms with E-state index in [-0.39, 0.29) is 23.2 Å². The molecule has 1 amide bonds. The smallest absolute Gasteiger partial charge is 0.262 e. The molecule has 0 spiro atoms. The van der Waals surface area contributed by atoms with Crippen LogP contribution in [0.15, 0.2) is 47.4 Å². The first kappa shape index (κ1) is 23.7. The first-order chi connectivity index (χ1) is 12.9. The number of benzene rings is 2. The van der Waals surface area contributed by atoms with Crippen molar-refractivity contribution in [1.82, 2.24) is 10.6 Å². The molecular weight excluding hydrogens is 402 g/mol. The molecule has 0 saturated carbocycles. The van der Waals surface area contributed by atoms with Crippen LogP contribution in [0.2, 0.25) is 0 Å². The van der Waals surface area contributed by atoms with Crippen molar-refractivity contribution in [3.8, 4) is 5.75 Å². The van der Waals surface area contributed by atoms with Gasteiger partial charge in [-0.1, -0.05) is 13.0 Å². The number of carbonyl (C=O) groups is 1. The molecule has 154 valence electrons. The molecule has 0 atom stereocenters. The van der Waals surface area contributed by atoms with Gasteiger partial charge in [0.05, 0.1) is 12.0 Å². The van der Waals surface area contributed by atoms with E-state index in [9.17, 15) is 13.2 Å². The number of nitrogens with one attached hydrogen (secondary N) is 3. The molecule has 0 aromatic heterocycles. The third-order valence-electron chi connectivity index (χ3n) is 3.92. The number of rotatable bonds is 9. The Bertz CT molecular complexity index is 887. The molecule has 0 radical (unpaired) electrons. The number of anilines is 1. The van der Waals surface area contributed by atoms with Gasteiger partial charge in [-0.2, -0.15) is 0 Å². The van der Waals surface area contributed by atoms with E-state index in [1.807, 2.05) is 6.92 Å². The largest absolute Gasteiger partial charge is 0.497 e. The fraction of sp³-hybridized carbons (Fsp3) is 0.316. The average molecular weight is 428 g/mol. The molecule has 2 aromatic carbocycles. The van der Waals surface area contributed by atoms with Crippen molar-refractivity contribution in [2.45, 2.75) is 18.7 Å². The van der Waals surface area contributed by atoms with Crippen LogP contribution in [0.3, 0.4) is 0 Å². The van der Waals surface area contributed by atoms with Crippen LogP contribution in [0.1, 0.15) is 22.8 Å². The van der Waals surface area contributed by atoms with Gasteiger partial charge in [0.1, 0.15) is 5.75 Å². The van der Waals surface area contributed by atoms with Gasteiger partial charge in [-0.15, -0.1) is 12.4 Å². The molecule has 0 heterocycles. The van der Waals surface area contributed by atoms with Gasteiger partial charge in [-0.05, 0) is 55.4 Å². The zero-order chi connectivity index (χ0) is 19.9. The Morgan fingerprint density at radius 3 is 2.36 bits per heavy atom. The molecule has 2 aromatic rings. The molecule has 0 aliphatic heterocycles. The average Bonchev–Trinajstić information content (AvgIpc) is 2.65. The van der Waals surface area contributed by atoms with Crippen LogP contribution in [-0.4, -0.2) is 41.1 Å². The van der Waals surface area contributed by atoms with Crippen LogP contribution < -0.4 is 20.1 Å². The summed E-state index contributed by atoms with van der Waals surface area (Å²) in [6.07, 6.45) is 0. The van der Waals surface area contributed by atoms with Crippen LogP contribution in [0.25, 0.3) is 0 Å². The number of hydrogen-bond donors (Lipinski definition) is 3. The molecule has 2 rings (SSSR count). The lowest BCUT2D eigenvalue weighted by atomic mass is 10.1. The third kappa shape index (κ3) is 6.40. The highest BCUT2D eigenvalue weighted by Gasteiger charge is 2.19. The van der Waals surface area contributed by atoms with Gasteiger partial charge in [0.15, 0.2) is 0 Å². The Morgan fingerprint density at radius 2 is 1.75 bits per heavy atom.